The van der Waals surface area contributed by atoms with Gasteiger partial charge in [-0.05, 0) is 61.2 Å². The van der Waals surface area contributed by atoms with Crippen molar-refractivity contribution in [3.63, 3.8) is 0 Å². The molecule has 0 atom stereocenters. The molecule has 4 rings (SSSR count). The Kier molecular flexibility index (Phi) is 10.2. The van der Waals surface area contributed by atoms with Crippen LogP contribution in [0.3, 0.4) is 0 Å². The summed E-state index contributed by atoms with van der Waals surface area (Å²) in [5.41, 5.74) is 5.08. The molecule has 2 N–H and O–H groups in total. The predicted molar refractivity (Wildman–Crippen MR) is 146 cm³/mol. The lowest BCUT2D eigenvalue weighted by molar-refractivity contribution is 0.331. The van der Waals surface area contributed by atoms with Crippen LogP contribution < -0.4 is 10.6 Å². The number of nitrogens with one attached hydrogen (secondary N) is 2. The van der Waals surface area contributed by atoms with Crippen LogP contribution in [0.2, 0.25) is 0 Å². The van der Waals surface area contributed by atoms with Gasteiger partial charge in [0.2, 0.25) is 0 Å². The van der Waals surface area contributed by atoms with Crippen molar-refractivity contribution in [3.05, 3.63) is 89.2 Å². The van der Waals surface area contributed by atoms with Crippen LogP contribution >= 0.6 is 24.0 Å². The minimum Gasteiger partial charge on any atom is -0.357 e. The van der Waals surface area contributed by atoms with E-state index in [1.807, 2.05) is 23.1 Å². The Morgan fingerprint density at radius 2 is 1.67 bits per heavy atom. The van der Waals surface area contributed by atoms with Crippen molar-refractivity contribution in [2.75, 3.05) is 19.6 Å². The molecule has 0 unspecified atom stereocenters. The molecule has 2 heterocycles. The first-order valence-corrected chi connectivity index (χ1v) is 11.7. The standard InChI is InChI=1S/C26H34N6.HI/c1-2-27-26(28-18-22-9-11-23(12-10-22)20-31-14-3-4-15-31)29-19-24-7-5-8-25(17-24)21-32-16-6-13-30-32;/h5-13,16-17H,2-4,14-15,18-21H2,1H3,(H2,27,28,29);1H. The Morgan fingerprint density at radius 1 is 0.909 bits per heavy atom. The van der Waals surface area contributed by atoms with Crippen LogP contribution in [0.4, 0.5) is 0 Å². The first kappa shape index (κ1) is 25.2. The smallest absolute Gasteiger partial charge is 0.191 e. The highest BCUT2D eigenvalue weighted by Crippen LogP contribution is 2.13. The number of aromatic nitrogens is 2. The monoisotopic (exact) mass is 558 g/mol. The SMILES string of the molecule is CCNC(=NCc1cccc(Cn2cccn2)c1)NCc1ccc(CN2CCCC2)cc1.I. The Labute approximate surface area is 214 Å². The molecule has 6 nitrogen and oxygen atoms in total. The maximum Gasteiger partial charge on any atom is 0.191 e. The van der Waals surface area contributed by atoms with E-state index in [1.165, 1.54) is 48.2 Å². The van der Waals surface area contributed by atoms with Crippen LogP contribution in [-0.4, -0.2) is 40.3 Å². The summed E-state index contributed by atoms with van der Waals surface area (Å²) in [6.45, 7) is 8.63. The van der Waals surface area contributed by atoms with E-state index < -0.39 is 0 Å². The topological polar surface area (TPSA) is 57.5 Å². The van der Waals surface area contributed by atoms with Gasteiger partial charge in [-0.1, -0.05) is 48.5 Å². The molecule has 0 aliphatic carbocycles. The van der Waals surface area contributed by atoms with Crippen molar-refractivity contribution < 1.29 is 0 Å². The Hall–Kier alpha value is -2.39. The van der Waals surface area contributed by atoms with E-state index in [9.17, 15) is 0 Å². The molecule has 0 bridgehead atoms. The highest BCUT2D eigenvalue weighted by molar-refractivity contribution is 14.0. The van der Waals surface area contributed by atoms with Gasteiger partial charge in [-0.25, -0.2) is 4.99 Å². The number of aliphatic imine (C=N–C) groups is 1. The summed E-state index contributed by atoms with van der Waals surface area (Å²) in [5, 5.41) is 11.1. The third-order valence-electron chi connectivity index (χ3n) is 5.75. The summed E-state index contributed by atoms with van der Waals surface area (Å²) in [7, 11) is 0. The van der Waals surface area contributed by atoms with Crippen LogP contribution in [0, 0.1) is 0 Å². The van der Waals surface area contributed by atoms with Crippen LogP contribution in [-0.2, 0) is 26.2 Å². The molecule has 33 heavy (non-hydrogen) atoms. The van der Waals surface area contributed by atoms with Crippen molar-refractivity contribution in [3.8, 4) is 0 Å². The van der Waals surface area contributed by atoms with Crippen LogP contribution in [0.25, 0.3) is 0 Å². The van der Waals surface area contributed by atoms with E-state index in [0.29, 0.717) is 6.54 Å². The minimum atomic E-state index is 0. The van der Waals surface area contributed by atoms with Crippen molar-refractivity contribution >= 4 is 29.9 Å². The second-order valence-electron chi connectivity index (χ2n) is 8.37. The lowest BCUT2D eigenvalue weighted by Gasteiger charge is -2.15. The number of halogens is 1. The highest BCUT2D eigenvalue weighted by atomic mass is 127. The summed E-state index contributed by atoms with van der Waals surface area (Å²) in [4.78, 5) is 7.32. The van der Waals surface area contributed by atoms with E-state index >= 15 is 0 Å². The lowest BCUT2D eigenvalue weighted by atomic mass is 10.1. The van der Waals surface area contributed by atoms with Crippen molar-refractivity contribution in [2.24, 2.45) is 4.99 Å². The summed E-state index contributed by atoms with van der Waals surface area (Å²) < 4.78 is 1.93. The summed E-state index contributed by atoms with van der Waals surface area (Å²) in [5.74, 6) is 0.839. The molecule has 176 valence electrons. The molecular formula is C26H35IN6. The molecule has 2 aromatic carbocycles. The third kappa shape index (κ3) is 8.16. The van der Waals surface area contributed by atoms with Crippen molar-refractivity contribution in [1.82, 2.24) is 25.3 Å². The van der Waals surface area contributed by atoms with Crippen molar-refractivity contribution in [2.45, 2.75) is 45.9 Å². The minimum absolute atomic E-state index is 0. The second kappa shape index (κ2) is 13.3. The van der Waals surface area contributed by atoms with Crippen LogP contribution in [0.15, 0.2) is 72.0 Å². The predicted octanol–water partition coefficient (Wildman–Crippen LogP) is 4.40. The van der Waals surface area contributed by atoms with Gasteiger partial charge in [0.25, 0.3) is 0 Å². The number of hydrogen-bond donors (Lipinski definition) is 2. The first-order chi connectivity index (χ1) is 15.8. The lowest BCUT2D eigenvalue weighted by Crippen LogP contribution is -2.36. The zero-order valence-corrected chi connectivity index (χ0v) is 21.7. The Balaban J connectivity index is 0.00000306. The van der Waals surface area contributed by atoms with E-state index in [2.05, 4.69) is 76.1 Å². The fourth-order valence-corrected chi connectivity index (χ4v) is 4.07. The molecule has 0 saturated carbocycles. The number of likely N-dealkylation sites (tertiary alicyclic amines) is 1. The van der Waals surface area contributed by atoms with E-state index in [4.69, 9.17) is 4.99 Å². The molecule has 1 saturated heterocycles. The third-order valence-corrected chi connectivity index (χ3v) is 5.75. The summed E-state index contributed by atoms with van der Waals surface area (Å²) >= 11 is 0. The highest BCUT2D eigenvalue weighted by Gasteiger charge is 2.11. The normalized spacial score (nSPS) is 14.2. The van der Waals surface area contributed by atoms with Gasteiger partial charge in [0, 0.05) is 32.0 Å². The Morgan fingerprint density at radius 3 is 2.39 bits per heavy atom. The van der Waals surface area contributed by atoms with Gasteiger partial charge in [0.15, 0.2) is 5.96 Å². The van der Waals surface area contributed by atoms with Gasteiger partial charge in [0.05, 0.1) is 13.1 Å². The summed E-state index contributed by atoms with van der Waals surface area (Å²) in [6, 6.07) is 19.5. The van der Waals surface area contributed by atoms with Gasteiger partial charge >= 0.3 is 0 Å². The molecule has 0 radical (unpaired) electrons. The van der Waals surface area contributed by atoms with E-state index in [-0.39, 0.29) is 24.0 Å². The maximum absolute atomic E-state index is 4.79. The number of hydrogen-bond acceptors (Lipinski definition) is 3. The van der Waals surface area contributed by atoms with E-state index in [0.717, 1.165) is 32.1 Å². The van der Waals surface area contributed by atoms with Crippen LogP contribution in [0.1, 0.15) is 42.0 Å². The van der Waals surface area contributed by atoms with Gasteiger partial charge < -0.3 is 10.6 Å². The van der Waals surface area contributed by atoms with Gasteiger partial charge in [0.1, 0.15) is 0 Å². The Bertz CT molecular complexity index is 978. The fraction of sp³-hybridized carbons (Fsp3) is 0.385. The van der Waals surface area contributed by atoms with E-state index in [1.54, 1.807) is 0 Å². The average Bonchev–Trinajstić information content (AvgIpc) is 3.51. The van der Waals surface area contributed by atoms with Gasteiger partial charge in [-0.3, -0.25) is 9.58 Å². The molecule has 7 heteroatoms. The second-order valence-corrected chi connectivity index (χ2v) is 8.37. The molecule has 0 spiro atoms. The number of rotatable bonds is 9. The largest absolute Gasteiger partial charge is 0.357 e. The zero-order chi connectivity index (χ0) is 22.0. The quantitative estimate of drug-likeness (QED) is 0.232. The average molecular weight is 559 g/mol. The number of nitrogens with zero attached hydrogens (tertiary/aromatic N) is 4. The molecule has 1 aromatic heterocycles. The number of guanidine groups is 1. The number of benzene rings is 2. The fourth-order valence-electron chi connectivity index (χ4n) is 4.07. The maximum atomic E-state index is 4.79. The molecule has 1 fully saturated rings. The first-order valence-electron chi connectivity index (χ1n) is 11.7. The molecule has 1 aliphatic rings. The molecule has 1 aliphatic heterocycles. The molecule has 0 amide bonds. The van der Waals surface area contributed by atoms with Gasteiger partial charge in [-0.2, -0.15) is 5.10 Å². The summed E-state index contributed by atoms with van der Waals surface area (Å²) in [6.07, 6.45) is 6.47. The molecular weight excluding hydrogens is 523 g/mol. The van der Waals surface area contributed by atoms with Gasteiger partial charge in [-0.15, -0.1) is 24.0 Å². The molecule has 3 aromatic rings. The zero-order valence-electron chi connectivity index (χ0n) is 19.4. The van der Waals surface area contributed by atoms with Crippen LogP contribution in [0.5, 0.6) is 0 Å². The van der Waals surface area contributed by atoms with Crippen molar-refractivity contribution in [1.29, 1.82) is 0 Å².